The van der Waals surface area contributed by atoms with E-state index in [-0.39, 0.29) is 5.97 Å². The zero-order valence-electron chi connectivity index (χ0n) is 24.5. The van der Waals surface area contributed by atoms with Crippen molar-refractivity contribution in [1.29, 1.82) is 0 Å². The van der Waals surface area contributed by atoms with Gasteiger partial charge >= 0.3 is 5.97 Å². The van der Waals surface area contributed by atoms with Crippen LogP contribution in [0.4, 0.5) is 5.69 Å². The predicted molar refractivity (Wildman–Crippen MR) is 162 cm³/mol. The van der Waals surface area contributed by atoms with Gasteiger partial charge in [0, 0.05) is 77.1 Å². The largest absolute Gasteiger partial charge is 0.493 e. The molecule has 210 valence electrons. The van der Waals surface area contributed by atoms with Gasteiger partial charge in [0.2, 0.25) is 0 Å². The average molecular weight is 540 g/mol. The summed E-state index contributed by atoms with van der Waals surface area (Å²) < 4.78 is 15.5. The third kappa shape index (κ3) is 4.53. The van der Waals surface area contributed by atoms with Gasteiger partial charge in [-0.05, 0) is 57.9 Å². The highest BCUT2D eigenvalue weighted by molar-refractivity contribution is 5.98. The minimum atomic E-state index is -1.19. The number of para-hydroxylation sites is 1. The first-order chi connectivity index (χ1) is 19.5. The molecule has 40 heavy (non-hydrogen) atoms. The van der Waals surface area contributed by atoms with E-state index >= 15 is 0 Å². The molecule has 1 aliphatic rings. The van der Waals surface area contributed by atoms with Crippen LogP contribution in [0.15, 0.2) is 60.9 Å². The van der Waals surface area contributed by atoms with Gasteiger partial charge in [-0.25, -0.2) is 4.79 Å². The summed E-state index contributed by atoms with van der Waals surface area (Å²) in [5.41, 5.74) is 5.26. The van der Waals surface area contributed by atoms with Gasteiger partial charge in [-0.3, -0.25) is 4.98 Å². The second-order valence-electron chi connectivity index (χ2n) is 10.5. The van der Waals surface area contributed by atoms with Crippen LogP contribution in [0.3, 0.4) is 0 Å². The van der Waals surface area contributed by atoms with Crippen molar-refractivity contribution in [3.8, 4) is 5.75 Å². The summed E-state index contributed by atoms with van der Waals surface area (Å²) in [5, 5.41) is 1.08. The fraction of sp³-hybridized carbons (Fsp3) is 0.412. The Morgan fingerprint density at radius 1 is 0.975 bits per heavy atom. The van der Waals surface area contributed by atoms with E-state index in [2.05, 4.69) is 91.5 Å². The van der Waals surface area contributed by atoms with E-state index in [4.69, 9.17) is 9.47 Å². The number of cyclic esters (lactones) is 1. The number of hydrogen-bond donors (Lipinski definition) is 0. The number of hydrogen-bond acceptors (Lipinski definition) is 5. The van der Waals surface area contributed by atoms with Crippen molar-refractivity contribution < 1.29 is 14.3 Å². The molecule has 0 radical (unpaired) electrons. The number of aromatic nitrogens is 2. The average Bonchev–Trinajstić information content (AvgIpc) is 3.43. The number of carbonyl (C=O) groups is 1. The highest BCUT2D eigenvalue weighted by Crippen LogP contribution is 2.53. The molecule has 0 amide bonds. The van der Waals surface area contributed by atoms with E-state index in [1.807, 2.05) is 0 Å². The summed E-state index contributed by atoms with van der Waals surface area (Å²) in [5.74, 6) is 0.404. The molecule has 1 atom stereocenters. The summed E-state index contributed by atoms with van der Waals surface area (Å²) in [4.78, 5) is 20.4. The number of carbonyl (C=O) groups excluding carboxylic acids is 1. The summed E-state index contributed by atoms with van der Waals surface area (Å²) in [6.07, 6.45) is 7.59. The molecule has 0 N–H and O–H groups in total. The zero-order chi connectivity index (χ0) is 28.3. The lowest BCUT2D eigenvalue weighted by molar-refractivity contribution is 0.0245. The van der Waals surface area contributed by atoms with Gasteiger partial charge in [0.05, 0.1) is 12.2 Å². The molecule has 2 aromatic carbocycles. The quantitative estimate of drug-likeness (QED) is 0.137. The molecule has 6 nitrogen and oxygen atoms in total. The topological polar surface area (TPSA) is 56.6 Å². The standard InChI is InChI=1S/C34H41N3O3/c1-6-10-20-37-24(5)32(27-14-12-13-15-30(27)37)34(29-23-35-19-18-26(29)33(38)40-34)28-17-16-25(36(8-3)9-4)22-31(28)39-21-11-7-2/h12-19,22-23H,6-11,20-21H2,1-5H3. The van der Waals surface area contributed by atoms with E-state index in [1.165, 1.54) is 0 Å². The van der Waals surface area contributed by atoms with Crippen LogP contribution in [0.1, 0.15) is 86.1 Å². The SMILES string of the molecule is CCCCOc1cc(N(CC)CC)ccc1C1(c2c(C)n(CCCC)c3ccccc23)OC(=O)c2ccncc21. The first-order valence-electron chi connectivity index (χ1n) is 14.8. The van der Waals surface area contributed by atoms with Gasteiger partial charge in [0.1, 0.15) is 5.75 Å². The van der Waals surface area contributed by atoms with Crippen molar-refractivity contribution >= 4 is 22.6 Å². The molecule has 5 rings (SSSR count). The van der Waals surface area contributed by atoms with Crippen LogP contribution in [0.5, 0.6) is 5.75 Å². The Balaban J connectivity index is 1.85. The number of pyridine rings is 1. The normalized spacial score (nSPS) is 16.3. The molecule has 0 spiro atoms. The number of nitrogens with zero attached hydrogens (tertiary/aromatic N) is 3. The van der Waals surface area contributed by atoms with E-state index in [0.717, 1.165) is 90.0 Å². The maximum atomic E-state index is 13.6. The maximum absolute atomic E-state index is 13.6. The summed E-state index contributed by atoms with van der Waals surface area (Å²) in [6.45, 7) is 14.1. The number of ether oxygens (including phenoxy) is 2. The number of rotatable bonds is 12. The number of benzene rings is 2. The molecule has 0 bridgehead atoms. The molecule has 3 heterocycles. The molecular formula is C34H41N3O3. The molecular weight excluding hydrogens is 498 g/mol. The van der Waals surface area contributed by atoms with Gasteiger partial charge in [0.25, 0.3) is 0 Å². The molecule has 1 aliphatic heterocycles. The Kier molecular flexibility index (Phi) is 8.15. The minimum absolute atomic E-state index is 0.338. The first-order valence-corrected chi connectivity index (χ1v) is 14.8. The summed E-state index contributed by atoms with van der Waals surface area (Å²) in [6, 6.07) is 16.6. The van der Waals surface area contributed by atoms with Gasteiger partial charge in [-0.15, -0.1) is 0 Å². The molecule has 4 aromatic rings. The van der Waals surface area contributed by atoms with Crippen LogP contribution in [-0.2, 0) is 16.9 Å². The van der Waals surface area contributed by atoms with E-state index in [1.54, 1.807) is 18.5 Å². The van der Waals surface area contributed by atoms with Crippen LogP contribution in [0.2, 0.25) is 0 Å². The lowest BCUT2D eigenvalue weighted by Gasteiger charge is -2.33. The molecule has 2 aromatic heterocycles. The van der Waals surface area contributed by atoms with Crippen molar-refractivity contribution in [3.63, 3.8) is 0 Å². The lowest BCUT2D eigenvalue weighted by atomic mass is 9.78. The van der Waals surface area contributed by atoms with Crippen molar-refractivity contribution in [1.82, 2.24) is 9.55 Å². The second-order valence-corrected chi connectivity index (χ2v) is 10.5. The van der Waals surface area contributed by atoms with Crippen molar-refractivity contribution in [2.45, 2.75) is 72.4 Å². The van der Waals surface area contributed by atoms with Gasteiger partial charge < -0.3 is 18.9 Å². The van der Waals surface area contributed by atoms with Crippen molar-refractivity contribution in [2.24, 2.45) is 0 Å². The van der Waals surface area contributed by atoms with Gasteiger partial charge in [-0.2, -0.15) is 0 Å². The number of aryl methyl sites for hydroxylation is 1. The first kappa shape index (κ1) is 27.8. The van der Waals surface area contributed by atoms with Crippen molar-refractivity contribution in [2.75, 3.05) is 24.6 Å². The Morgan fingerprint density at radius 2 is 1.75 bits per heavy atom. The van der Waals surface area contributed by atoms with E-state index in [0.29, 0.717) is 12.2 Å². The fourth-order valence-corrected chi connectivity index (χ4v) is 6.14. The molecule has 0 saturated carbocycles. The highest BCUT2D eigenvalue weighted by atomic mass is 16.6. The lowest BCUT2D eigenvalue weighted by Crippen LogP contribution is -2.32. The predicted octanol–water partition coefficient (Wildman–Crippen LogP) is 7.63. The second kappa shape index (κ2) is 11.7. The van der Waals surface area contributed by atoms with Crippen LogP contribution in [0.25, 0.3) is 10.9 Å². The van der Waals surface area contributed by atoms with Crippen LogP contribution in [0, 0.1) is 6.92 Å². The maximum Gasteiger partial charge on any atom is 0.340 e. The van der Waals surface area contributed by atoms with Crippen LogP contribution >= 0.6 is 0 Å². The Morgan fingerprint density at radius 3 is 2.50 bits per heavy atom. The molecule has 0 aliphatic carbocycles. The molecule has 0 saturated heterocycles. The Hall–Kier alpha value is -3.80. The smallest absolute Gasteiger partial charge is 0.340 e. The molecule has 1 unspecified atom stereocenters. The van der Waals surface area contributed by atoms with Gasteiger partial charge in [-0.1, -0.05) is 44.9 Å². The zero-order valence-corrected chi connectivity index (χ0v) is 24.5. The number of anilines is 1. The van der Waals surface area contributed by atoms with Crippen LogP contribution in [-0.4, -0.2) is 35.2 Å². The third-order valence-electron chi connectivity index (χ3n) is 8.21. The fourth-order valence-electron chi connectivity index (χ4n) is 6.14. The van der Waals surface area contributed by atoms with E-state index in [9.17, 15) is 4.79 Å². The number of fused-ring (bicyclic) bond motifs is 2. The number of unbranched alkanes of at least 4 members (excludes halogenated alkanes) is 2. The van der Waals surface area contributed by atoms with Gasteiger partial charge in [0.15, 0.2) is 5.60 Å². The third-order valence-corrected chi connectivity index (χ3v) is 8.21. The Labute approximate surface area is 237 Å². The minimum Gasteiger partial charge on any atom is -0.493 e. The molecule has 6 heteroatoms. The Bertz CT molecular complexity index is 1500. The van der Waals surface area contributed by atoms with Crippen LogP contribution < -0.4 is 9.64 Å². The monoisotopic (exact) mass is 539 g/mol. The summed E-state index contributed by atoms with van der Waals surface area (Å²) >= 11 is 0. The number of esters is 1. The van der Waals surface area contributed by atoms with Crippen molar-refractivity contribution in [3.05, 3.63) is 88.9 Å². The molecule has 0 fully saturated rings. The highest BCUT2D eigenvalue weighted by Gasteiger charge is 2.53. The van der Waals surface area contributed by atoms with E-state index < -0.39 is 5.60 Å². The summed E-state index contributed by atoms with van der Waals surface area (Å²) in [7, 11) is 0.